The smallest absolute Gasteiger partial charge is 0.130 e. The third-order valence-electron chi connectivity index (χ3n) is 5.02. The summed E-state index contributed by atoms with van der Waals surface area (Å²) in [6, 6.07) is 5.60. The molecule has 0 aromatic carbocycles. The number of pyridine rings is 1. The van der Waals surface area contributed by atoms with Gasteiger partial charge in [-0.05, 0) is 51.3 Å². The Bertz CT molecular complexity index is 440. The molecule has 21 heavy (non-hydrogen) atoms. The van der Waals surface area contributed by atoms with Gasteiger partial charge in [-0.2, -0.15) is 0 Å². The van der Waals surface area contributed by atoms with Gasteiger partial charge >= 0.3 is 0 Å². The van der Waals surface area contributed by atoms with Gasteiger partial charge in [0.15, 0.2) is 0 Å². The van der Waals surface area contributed by atoms with Crippen LogP contribution in [-0.4, -0.2) is 29.0 Å². The molecule has 1 aliphatic carbocycles. The number of hydrogen-bond acceptors (Lipinski definition) is 3. The molecule has 2 heterocycles. The summed E-state index contributed by atoms with van der Waals surface area (Å²) in [6.07, 6.45) is 12.5. The van der Waals surface area contributed by atoms with E-state index >= 15 is 0 Å². The molecule has 0 bridgehead atoms. The zero-order valence-electron chi connectivity index (χ0n) is 13.4. The summed E-state index contributed by atoms with van der Waals surface area (Å²) in [5.74, 6) is 1.15. The van der Waals surface area contributed by atoms with Gasteiger partial charge in [-0.15, -0.1) is 0 Å². The highest BCUT2D eigenvalue weighted by Gasteiger charge is 2.28. The summed E-state index contributed by atoms with van der Waals surface area (Å²) < 4.78 is 0. The lowest BCUT2D eigenvalue weighted by atomic mass is 9.95. The normalized spacial score (nSPS) is 24.3. The summed E-state index contributed by atoms with van der Waals surface area (Å²) >= 11 is 0. The highest BCUT2D eigenvalue weighted by atomic mass is 15.2. The Labute approximate surface area is 129 Å². The van der Waals surface area contributed by atoms with Crippen LogP contribution in [0.4, 0.5) is 5.82 Å². The largest absolute Gasteiger partial charge is 0.367 e. The molecule has 0 amide bonds. The lowest BCUT2D eigenvalue weighted by Gasteiger charge is -2.28. The fourth-order valence-corrected chi connectivity index (χ4v) is 3.98. The molecule has 1 saturated heterocycles. The van der Waals surface area contributed by atoms with Crippen molar-refractivity contribution in [3.8, 4) is 0 Å². The van der Waals surface area contributed by atoms with Crippen LogP contribution in [0.1, 0.15) is 69.9 Å². The third kappa shape index (κ3) is 3.57. The average molecular weight is 287 g/mol. The molecule has 0 spiro atoms. The maximum absolute atomic E-state index is 4.67. The molecule has 1 saturated carbocycles. The van der Waals surface area contributed by atoms with Gasteiger partial charge in [0.1, 0.15) is 5.82 Å². The van der Waals surface area contributed by atoms with Crippen LogP contribution < -0.4 is 5.32 Å². The molecule has 1 aromatic heterocycles. The van der Waals surface area contributed by atoms with E-state index in [1.165, 1.54) is 70.0 Å². The second-order valence-electron chi connectivity index (χ2n) is 6.61. The summed E-state index contributed by atoms with van der Waals surface area (Å²) in [7, 11) is 0. The van der Waals surface area contributed by atoms with Gasteiger partial charge in [-0.25, -0.2) is 4.98 Å². The minimum atomic E-state index is 0.574. The van der Waals surface area contributed by atoms with Gasteiger partial charge < -0.3 is 5.32 Å². The van der Waals surface area contributed by atoms with Gasteiger partial charge in [0.2, 0.25) is 0 Å². The minimum Gasteiger partial charge on any atom is -0.367 e. The number of anilines is 1. The van der Waals surface area contributed by atoms with Crippen LogP contribution in [0.25, 0.3) is 0 Å². The molecular formula is C18H29N3. The Balaban J connectivity index is 1.75. The van der Waals surface area contributed by atoms with Crippen molar-refractivity contribution in [1.82, 2.24) is 9.88 Å². The van der Waals surface area contributed by atoms with E-state index in [4.69, 9.17) is 0 Å². The first-order valence-corrected chi connectivity index (χ1v) is 8.84. The number of rotatable bonds is 5. The van der Waals surface area contributed by atoms with Crippen molar-refractivity contribution in [3.63, 3.8) is 0 Å². The molecule has 1 aliphatic heterocycles. The second-order valence-corrected chi connectivity index (χ2v) is 6.61. The van der Waals surface area contributed by atoms with Crippen molar-refractivity contribution >= 4 is 5.82 Å². The van der Waals surface area contributed by atoms with Gasteiger partial charge in [0, 0.05) is 23.8 Å². The van der Waals surface area contributed by atoms with Gasteiger partial charge in [-0.3, -0.25) is 4.90 Å². The van der Waals surface area contributed by atoms with Crippen LogP contribution in [0.2, 0.25) is 0 Å². The maximum Gasteiger partial charge on any atom is 0.130 e. The molecule has 3 rings (SSSR count). The Hall–Kier alpha value is -1.09. The van der Waals surface area contributed by atoms with Crippen LogP contribution in [0.5, 0.6) is 0 Å². The molecule has 3 nitrogen and oxygen atoms in total. The molecule has 1 atom stereocenters. The maximum atomic E-state index is 4.67. The predicted molar refractivity (Wildman–Crippen MR) is 88.6 cm³/mol. The highest BCUT2D eigenvalue weighted by molar-refractivity contribution is 5.47. The van der Waals surface area contributed by atoms with E-state index in [1.807, 2.05) is 6.20 Å². The summed E-state index contributed by atoms with van der Waals surface area (Å²) in [6.45, 7) is 4.73. The summed E-state index contributed by atoms with van der Waals surface area (Å²) in [4.78, 5) is 7.32. The van der Waals surface area contributed by atoms with Crippen LogP contribution in [-0.2, 0) is 0 Å². The van der Waals surface area contributed by atoms with Crippen molar-refractivity contribution in [2.24, 2.45) is 0 Å². The zero-order valence-corrected chi connectivity index (χ0v) is 13.4. The Morgan fingerprint density at radius 2 is 2.05 bits per heavy atom. The van der Waals surface area contributed by atoms with Gasteiger partial charge in [0.05, 0.1) is 0 Å². The summed E-state index contributed by atoms with van der Waals surface area (Å²) in [5.41, 5.74) is 1.43. The first-order valence-electron chi connectivity index (χ1n) is 8.84. The Morgan fingerprint density at radius 3 is 2.86 bits per heavy atom. The van der Waals surface area contributed by atoms with E-state index in [9.17, 15) is 0 Å². The lowest BCUT2D eigenvalue weighted by Crippen LogP contribution is -2.27. The van der Waals surface area contributed by atoms with Crippen molar-refractivity contribution in [2.75, 3.05) is 18.4 Å². The fraction of sp³-hybridized carbons (Fsp3) is 0.722. The van der Waals surface area contributed by atoms with E-state index in [0.717, 1.165) is 5.82 Å². The summed E-state index contributed by atoms with van der Waals surface area (Å²) in [5, 5.41) is 3.75. The van der Waals surface area contributed by atoms with E-state index in [1.54, 1.807) is 0 Å². The Kier molecular flexibility index (Phi) is 5.13. The highest BCUT2D eigenvalue weighted by Crippen LogP contribution is 2.35. The molecule has 3 heteroatoms. The fourth-order valence-electron chi connectivity index (χ4n) is 3.98. The molecule has 0 radical (unpaired) electrons. The lowest BCUT2D eigenvalue weighted by molar-refractivity contribution is 0.258. The minimum absolute atomic E-state index is 0.574. The molecular weight excluding hydrogens is 258 g/mol. The molecule has 1 N–H and O–H groups in total. The van der Waals surface area contributed by atoms with Crippen LogP contribution in [0.3, 0.4) is 0 Å². The van der Waals surface area contributed by atoms with Gasteiger partial charge in [0.25, 0.3) is 0 Å². The van der Waals surface area contributed by atoms with E-state index in [2.05, 4.69) is 34.3 Å². The number of nitrogens with zero attached hydrogens (tertiary/aromatic N) is 2. The zero-order chi connectivity index (χ0) is 14.5. The topological polar surface area (TPSA) is 28.2 Å². The van der Waals surface area contributed by atoms with Crippen LogP contribution in [0.15, 0.2) is 18.3 Å². The predicted octanol–water partition coefficient (Wildman–Crippen LogP) is 4.37. The van der Waals surface area contributed by atoms with Gasteiger partial charge in [-0.1, -0.05) is 32.3 Å². The van der Waals surface area contributed by atoms with Crippen LogP contribution >= 0.6 is 0 Å². The van der Waals surface area contributed by atoms with E-state index in [0.29, 0.717) is 12.1 Å². The quantitative estimate of drug-likeness (QED) is 0.871. The van der Waals surface area contributed by atoms with Crippen molar-refractivity contribution < 1.29 is 0 Å². The SMILES string of the molecule is CCCN1CCC[C@H]1c1cccnc1NC1CCCCC1. The standard InChI is InChI=1S/C18H29N3/c1-2-13-21-14-7-11-17(21)16-10-6-12-19-18(16)20-15-8-4-3-5-9-15/h6,10,12,15,17H,2-5,7-9,11,13-14H2,1H3,(H,19,20)/t17-/m0/s1. The first kappa shape index (κ1) is 14.8. The van der Waals surface area contributed by atoms with Crippen molar-refractivity contribution in [1.29, 1.82) is 0 Å². The van der Waals surface area contributed by atoms with Crippen molar-refractivity contribution in [3.05, 3.63) is 23.9 Å². The monoisotopic (exact) mass is 287 g/mol. The number of hydrogen-bond donors (Lipinski definition) is 1. The number of nitrogens with one attached hydrogen (secondary N) is 1. The van der Waals surface area contributed by atoms with E-state index in [-0.39, 0.29) is 0 Å². The second kappa shape index (κ2) is 7.26. The van der Waals surface area contributed by atoms with Crippen molar-refractivity contribution in [2.45, 2.75) is 70.4 Å². The molecule has 2 aliphatic rings. The average Bonchev–Trinajstić information content (AvgIpc) is 2.97. The number of likely N-dealkylation sites (tertiary alicyclic amines) is 1. The molecule has 0 unspecified atom stereocenters. The first-order chi connectivity index (χ1) is 10.4. The molecule has 1 aromatic rings. The Morgan fingerprint density at radius 1 is 1.19 bits per heavy atom. The molecule has 116 valence electrons. The van der Waals surface area contributed by atoms with E-state index < -0.39 is 0 Å². The van der Waals surface area contributed by atoms with Crippen LogP contribution in [0, 0.1) is 0 Å². The number of aromatic nitrogens is 1. The molecule has 2 fully saturated rings. The third-order valence-corrected chi connectivity index (χ3v) is 5.02.